The lowest BCUT2D eigenvalue weighted by molar-refractivity contribution is 0.439. The maximum Gasteiger partial charge on any atom is 0.230 e. The van der Waals surface area contributed by atoms with E-state index in [0.717, 1.165) is 11.1 Å². The van der Waals surface area contributed by atoms with Crippen LogP contribution in [0.3, 0.4) is 0 Å². The van der Waals surface area contributed by atoms with E-state index in [1.807, 2.05) is 12.1 Å². The second kappa shape index (κ2) is 4.25. The zero-order valence-corrected chi connectivity index (χ0v) is 9.32. The molecule has 0 fully saturated rings. The molecule has 0 atom stereocenters. The summed E-state index contributed by atoms with van der Waals surface area (Å²) in [5.74, 6) is 0.252. The predicted octanol–water partition coefficient (Wildman–Crippen LogP) is 1.78. The fourth-order valence-electron chi connectivity index (χ4n) is 1.71. The molecule has 0 spiro atoms. The molecule has 0 unspecified atom stereocenters. The van der Waals surface area contributed by atoms with Crippen LogP contribution < -0.4 is 5.73 Å². The summed E-state index contributed by atoms with van der Waals surface area (Å²) in [6.07, 6.45) is 8.17. The van der Waals surface area contributed by atoms with Gasteiger partial charge in [0, 0.05) is 35.9 Å². The summed E-state index contributed by atoms with van der Waals surface area (Å²) < 4.78 is 5.05. The van der Waals surface area contributed by atoms with Gasteiger partial charge in [-0.3, -0.25) is 4.98 Å². The molecule has 0 saturated heterocycles. The van der Waals surface area contributed by atoms with Crippen molar-refractivity contribution in [2.24, 2.45) is 0 Å². The minimum atomic E-state index is 0.252. The Kier molecular flexibility index (Phi) is 2.45. The number of hydrogen-bond acceptors (Lipinski definition) is 6. The quantitative estimate of drug-likeness (QED) is 0.732. The van der Waals surface area contributed by atoms with E-state index < -0.39 is 0 Å². The average molecular weight is 239 g/mol. The van der Waals surface area contributed by atoms with Crippen molar-refractivity contribution in [1.82, 2.24) is 20.1 Å². The van der Waals surface area contributed by atoms with Crippen LogP contribution in [0, 0.1) is 0 Å². The van der Waals surface area contributed by atoms with Crippen LogP contribution in [-0.2, 0) is 0 Å². The molecule has 3 aromatic rings. The van der Waals surface area contributed by atoms with E-state index in [2.05, 4.69) is 20.1 Å². The molecule has 0 bridgehead atoms. The van der Waals surface area contributed by atoms with E-state index in [9.17, 15) is 0 Å². The number of nitrogen functional groups attached to an aromatic ring is 1. The number of anilines is 1. The molecular formula is C12H9N5O. The number of hydrogen-bond donors (Lipinski definition) is 1. The standard InChI is InChI=1S/C12H9N5O/c13-12-10(8-2-1-3-14-4-8)11(17-18-12)9-5-15-7-16-6-9/h1-7H,13H2. The van der Waals surface area contributed by atoms with Crippen molar-refractivity contribution in [3.8, 4) is 22.4 Å². The summed E-state index contributed by atoms with van der Waals surface area (Å²) in [5, 5.41) is 3.95. The lowest BCUT2D eigenvalue weighted by atomic mass is 10.0. The SMILES string of the molecule is Nc1onc(-c2cncnc2)c1-c1cccnc1. The molecular weight excluding hydrogens is 230 g/mol. The first-order valence-corrected chi connectivity index (χ1v) is 5.27. The van der Waals surface area contributed by atoms with Crippen LogP contribution in [0.15, 0.2) is 47.8 Å². The minimum absolute atomic E-state index is 0.252. The third-order valence-corrected chi connectivity index (χ3v) is 2.50. The third-order valence-electron chi connectivity index (χ3n) is 2.50. The second-order valence-corrected chi connectivity index (χ2v) is 3.64. The van der Waals surface area contributed by atoms with Crippen LogP contribution in [0.25, 0.3) is 22.4 Å². The molecule has 3 heterocycles. The first kappa shape index (κ1) is 10.4. The van der Waals surface area contributed by atoms with Gasteiger partial charge in [-0.05, 0) is 6.07 Å². The molecule has 0 aliphatic carbocycles. The Morgan fingerprint density at radius 3 is 2.50 bits per heavy atom. The lowest BCUT2D eigenvalue weighted by Crippen LogP contribution is -1.89. The van der Waals surface area contributed by atoms with Gasteiger partial charge in [-0.25, -0.2) is 9.97 Å². The van der Waals surface area contributed by atoms with Gasteiger partial charge in [-0.15, -0.1) is 0 Å². The minimum Gasteiger partial charge on any atom is -0.367 e. The summed E-state index contributed by atoms with van der Waals surface area (Å²) in [5.41, 5.74) is 8.72. The largest absolute Gasteiger partial charge is 0.367 e. The van der Waals surface area contributed by atoms with Crippen LogP contribution in [0.1, 0.15) is 0 Å². The van der Waals surface area contributed by atoms with Gasteiger partial charge in [0.05, 0.1) is 5.56 Å². The van der Waals surface area contributed by atoms with Crippen LogP contribution in [0.2, 0.25) is 0 Å². The molecule has 3 aromatic heterocycles. The van der Waals surface area contributed by atoms with E-state index in [0.29, 0.717) is 11.3 Å². The summed E-state index contributed by atoms with van der Waals surface area (Å²) in [6, 6.07) is 3.72. The van der Waals surface area contributed by atoms with Crippen molar-refractivity contribution in [2.45, 2.75) is 0 Å². The van der Waals surface area contributed by atoms with Gasteiger partial charge >= 0.3 is 0 Å². The summed E-state index contributed by atoms with van der Waals surface area (Å²) in [6.45, 7) is 0. The highest BCUT2D eigenvalue weighted by atomic mass is 16.5. The molecule has 6 heteroatoms. The second-order valence-electron chi connectivity index (χ2n) is 3.64. The number of rotatable bonds is 2. The highest BCUT2D eigenvalue weighted by Crippen LogP contribution is 2.34. The van der Waals surface area contributed by atoms with Gasteiger partial charge in [-0.2, -0.15) is 0 Å². The summed E-state index contributed by atoms with van der Waals surface area (Å²) in [7, 11) is 0. The molecule has 0 aliphatic rings. The van der Waals surface area contributed by atoms with Gasteiger partial charge in [-0.1, -0.05) is 11.2 Å². The van der Waals surface area contributed by atoms with Crippen molar-refractivity contribution in [1.29, 1.82) is 0 Å². The van der Waals surface area contributed by atoms with Crippen molar-refractivity contribution < 1.29 is 4.52 Å². The van der Waals surface area contributed by atoms with E-state index in [1.54, 1.807) is 24.8 Å². The van der Waals surface area contributed by atoms with Gasteiger partial charge < -0.3 is 10.3 Å². The van der Waals surface area contributed by atoms with Gasteiger partial charge in [0.15, 0.2) is 0 Å². The molecule has 0 saturated carbocycles. The Hall–Kier alpha value is -2.76. The number of nitrogens with zero attached hydrogens (tertiary/aromatic N) is 4. The van der Waals surface area contributed by atoms with Gasteiger partial charge in [0.1, 0.15) is 12.0 Å². The molecule has 3 rings (SSSR count). The Bertz CT molecular complexity index is 651. The normalized spacial score (nSPS) is 10.4. The van der Waals surface area contributed by atoms with Crippen molar-refractivity contribution in [2.75, 3.05) is 5.73 Å². The average Bonchev–Trinajstić information content (AvgIpc) is 2.83. The molecule has 2 N–H and O–H groups in total. The monoisotopic (exact) mass is 239 g/mol. The first-order chi connectivity index (χ1) is 8.86. The summed E-state index contributed by atoms with van der Waals surface area (Å²) in [4.78, 5) is 12.0. The van der Waals surface area contributed by atoms with Crippen LogP contribution in [0.4, 0.5) is 5.88 Å². The molecule has 0 aliphatic heterocycles. The van der Waals surface area contributed by atoms with Crippen molar-refractivity contribution in [3.63, 3.8) is 0 Å². The molecule has 0 radical (unpaired) electrons. The van der Waals surface area contributed by atoms with Gasteiger partial charge in [0.25, 0.3) is 0 Å². The zero-order valence-electron chi connectivity index (χ0n) is 9.32. The summed E-state index contributed by atoms with van der Waals surface area (Å²) >= 11 is 0. The van der Waals surface area contributed by atoms with E-state index in [4.69, 9.17) is 10.3 Å². The highest BCUT2D eigenvalue weighted by molar-refractivity contribution is 5.85. The molecule has 6 nitrogen and oxygen atoms in total. The third kappa shape index (κ3) is 1.69. The Morgan fingerprint density at radius 1 is 1.00 bits per heavy atom. The highest BCUT2D eigenvalue weighted by Gasteiger charge is 2.17. The smallest absolute Gasteiger partial charge is 0.230 e. The predicted molar refractivity (Wildman–Crippen MR) is 65.2 cm³/mol. The van der Waals surface area contributed by atoms with Crippen LogP contribution in [0.5, 0.6) is 0 Å². The Morgan fingerprint density at radius 2 is 1.78 bits per heavy atom. The fourth-order valence-corrected chi connectivity index (χ4v) is 1.71. The van der Waals surface area contributed by atoms with Crippen LogP contribution in [-0.4, -0.2) is 20.1 Å². The van der Waals surface area contributed by atoms with Gasteiger partial charge in [0.2, 0.25) is 5.88 Å². The number of pyridine rings is 1. The fraction of sp³-hybridized carbons (Fsp3) is 0. The maximum absolute atomic E-state index is 5.81. The number of nitrogens with two attached hydrogens (primary N) is 1. The van der Waals surface area contributed by atoms with E-state index in [-0.39, 0.29) is 5.88 Å². The Labute approximate surface area is 103 Å². The van der Waals surface area contributed by atoms with Crippen molar-refractivity contribution >= 4 is 5.88 Å². The molecule has 0 amide bonds. The molecule has 88 valence electrons. The molecule has 18 heavy (non-hydrogen) atoms. The Balaban J connectivity index is 2.19. The van der Waals surface area contributed by atoms with Crippen LogP contribution >= 0.6 is 0 Å². The van der Waals surface area contributed by atoms with Crippen molar-refractivity contribution in [3.05, 3.63) is 43.2 Å². The first-order valence-electron chi connectivity index (χ1n) is 5.27. The molecule has 0 aromatic carbocycles. The van der Waals surface area contributed by atoms with E-state index >= 15 is 0 Å². The lowest BCUT2D eigenvalue weighted by Gasteiger charge is -2.00. The zero-order chi connectivity index (χ0) is 12.4. The maximum atomic E-state index is 5.81. The van der Waals surface area contributed by atoms with E-state index in [1.165, 1.54) is 6.33 Å². The number of aromatic nitrogens is 4. The topological polar surface area (TPSA) is 90.7 Å².